The fourth-order valence-corrected chi connectivity index (χ4v) is 3.75. The predicted molar refractivity (Wildman–Crippen MR) is 111 cm³/mol. The van der Waals surface area contributed by atoms with Crippen LogP contribution in [0.3, 0.4) is 0 Å². The molecule has 9 nitrogen and oxygen atoms in total. The zero-order valence-electron chi connectivity index (χ0n) is 17.7. The molecule has 0 spiro atoms. The molecule has 0 radical (unpaired) electrons. The van der Waals surface area contributed by atoms with E-state index in [0.29, 0.717) is 13.0 Å². The minimum Gasteiger partial charge on any atom is -0.354 e. The van der Waals surface area contributed by atoms with Gasteiger partial charge in [-0.3, -0.25) is 14.4 Å². The number of nitrogens with zero attached hydrogens (tertiary/aromatic N) is 2. The summed E-state index contributed by atoms with van der Waals surface area (Å²) >= 11 is 0. The van der Waals surface area contributed by atoms with Crippen molar-refractivity contribution >= 4 is 23.8 Å². The molecular weight excluding hydrogens is 405 g/mol. The zero-order chi connectivity index (χ0) is 22.5. The number of piperazine rings is 1. The third kappa shape index (κ3) is 5.50. The maximum absolute atomic E-state index is 13.6. The Labute approximate surface area is 180 Å². The SMILES string of the molecule is CC(C)NC(=O)N1CCN(C(=O)c2cccc(F)c2)C[C@H]1C(=O)N[C@@H]1CCCNC1=O. The largest absolute Gasteiger partial charge is 0.354 e. The highest BCUT2D eigenvalue weighted by atomic mass is 19.1. The fourth-order valence-electron chi connectivity index (χ4n) is 3.75. The molecule has 3 N–H and O–H groups in total. The maximum atomic E-state index is 13.6. The minimum absolute atomic E-state index is 0.0545. The van der Waals surface area contributed by atoms with E-state index in [9.17, 15) is 23.6 Å². The quantitative estimate of drug-likeness (QED) is 0.641. The number of rotatable bonds is 4. The molecule has 2 aliphatic rings. The molecule has 2 aliphatic heterocycles. The lowest BCUT2D eigenvalue weighted by atomic mass is 10.0. The third-order valence-electron chi connectivity index (χ3n) is 5.32. The van der Waals surface area contributed by atoms with Crippen LogP contribution in [0.15, 0.2) is 24.3 Å². The van der Waals surface area contributed by atoms with E-state index >= 15 is 0 Å². The van der Waals surface area contributed by atoms with Crippen LogP contribution in [-0.2, 0) is 9.59 Å². The Morgan fingerprint density at radius 1 is 1.23 bits per heavy atom. The smallest absolute Gasteiger partial charge is 0.318 e. The van der Waals surface area contributed by atoms with Crippen molar-refractivity contribution in [3.8, 4) is 0 Å². The van der Waals surface area contributed by atoms with E-state index in [1.807, 2.05) is 13.8 Å². The molecule has 2 saturated heterocycles. The van der Waals surface area contributed by atoms with Crippen molar-refractivity contribution in [2.45, 2.75) is 44.8 Å². The van der Waals surface area contributed by atoms with Gasteiger partial charge in [-0.2, -0.15) is 0 Å². The van der Waals surface area contributed by atoms with E-state index in [-0.39, 0.29) is 37.1 Å². The molecular formula is C21H28FN5O4. The topological polar surface area (TPSA) is 111 Å². The standard InChI is InChI=1S/C21H28FN5O4/c1-13(2)24-21(31)27-10-9-26(20(30)14-5-3-6-15(22)11-14)12-17(27)19(29)25-16-7-4-8-23-18(16)28/h3,5-6,11,13,16-17H,4,7-10,12H2,1-2H3,(H,23,28)(H,24,31)(H,25,29)/t16-,17+/m1/s1. The Morgan fingerprint density at radius 3 is 2.68 bits per heavy atom. The number of carbonyl (C=O) groups excluding carboxylic acids is 4. The van der Waals surface area contributed by atoms with Crippen molar-refractivity contribution in [2.24, 2.45) is 0 Å². The van der Waals surface area contributed by atoms with Crippen LogP contribution in [0.4, 0.5) is 9.18 Å². The average molecular weight is 433 g/mol. The number of amides is 5. The molecule has 0 aromatic heterocycles. The highest BCUT2D eigenvalue weighted by Gasteiger charge is 2.39. The van der Waals surface area contributed by atoms with Crippen molar-refractivity contribution in [1.82, 2.24) is 25.8 Å². The van der Waals surface area contributed by atoms with E-state index in [4.69, 9.17) is 0 Å². The summed E-state index contributed by atoms with van der Waals surface area (Å²) in [5.74, 6) is -1.71. The number of nitrogens with one attached hydrogen (secondary N) is 3. The first-order valence-corrected chi connectivity index (χ1v) is 10.5. The van der Waals surface area contributed by atoms with E-state index in [0.717, 1.165) is 12.5 Å². The lowest BCUT2D eigenvalue weighted by Crippen LogP contribution is -2.65. The van der Waals surface area contributed by atoms with Gasteiger partial charge in [0, 0.05) is 31.2 Å². The summed E-state index contributed by atoms with van der Waals surface area (Å²) < 4.78 is 13.6. The van der Waals surface area contributed by atoms with Crippen LogP contribution in [0.1, 0.15) is 37.0 Å². The number of piperidine rings is 1. The molecule has 0 saturated carbocycles. The molecule has 0 unspecified atom stereocenters. The van der Waals surface area contributed by atoms with Gasteiger partial charge in [-0.1, -0.05) is 6.07 Å². The van der Waals surface area contributed by atoms with Gasteiger partial charge in [0.15, 0.2) is 0 Å². The Bertz CT molecular complexity index is 862. The van der Waals surface area contributed by atoms with Crippen molar-refractivity contribution < 1.29 is 23.6 Å². The van der Waals surface area contributed by atoms with Gasteiger partial charge in [0.2, 0.25) is 11.8 Å². The van der Waals surface area contributed by atoms with Gasteiger partial charge in [-0.15, -0.1) is 0 Å². The second kappa shape index (κ2) is 9.76. The Kier molecular flexibility index (Phi) is 7.09. The highest BCUT2D eigenvalue weighted by molar-refractivity contribution is 5.96. The van der Waals surface area contributed by atoms with Gasteiger partial charge >= 0.3 is 6.03 Å². The molecule has 2 heterocycles. The molecule has 5 amide bonds. The summed E-state index contributed by atoms with van der Waals surface area (Å²) in [6.45, 7) is 4.46. The molecule has 31 heavy (non-hydrogen) atoms. The summed E-state index contributed by atoms with van der Waals surface area (Å²) in [5, 5.41) is 8.19. The van der Waals surface area contributed by atoms with E-state index in [2.05, 4.69) is 16.0 Å². The van der Waals surface area contributed by atoms with Gasteiger partial charge in [-0.25, -0.2) is 9.18 Å². The number of halogens is 1. The minimum atomic E-state index is -0.972. The zero-order valence-corrected chi connectivity index (χ0v) is 17.7. The Morgan fingerprint density at radius 2 is 2.00 bits per heavy atom. The van der Waals surface area contributed by atoms with Gasteiger partial charge in [0.1, 0.15) is 17.9 Å². The summed E-state index contributed by atoms with van der Waals surface area (Å²) in [4.78, 5) is 53.4. The number of carbonyl (C=O) groups is 4. The fraction of sp³-hybridized carbons (Fsp3) is 0.524. The van der Waals surface area contributed by atoms with E-state index in [1.165, 1.54) is 28.0 Å². The first kappa shape index (κ1) is 22.5. The van der Waals surface area contributed by atoms with Crippen LogP contribution in [0.5, 0.6) is 0 Å². The monoisotopic (exact) mass is 433 g/mol. The van der Waals surface area contributed by atoms with E-state index < -0.39 is 35.7 Å². The Balaban J connectivity index is 1.78. The second-order valence-corrected chi connectivity index (χ2v) is 8.07. The number of hydrogen-bond acceptors (Lipinski definition) is 4. The van der Waals surface area contributed by atoms with Crippen LogP contribution in [0.25, 0.3) is 0 Å². The molecule has 10 heteroatoms. The van der Waals surface area contributed by atoms with E-state index in [1.54, 1.807) is 0 Å². The normalized spacial score (nSPS) is 21.5. The van der Waals surface area contributed by atoms with Crippen LogP contribution < -0.4 is 16.0 Å². The number of hydrogen-bond donors (Lipinski definition) is 3. The van der Waals surface area contributed by atoms with Crippen molar-refractivity contribution in [1.29, 1.82) is 0 Å². The Hall–Kier alpha value is -3.17. The molecule has 0 bridgehead atoms. The number of benzene rings is 1. The van der Waals surface area contributed by atoms with Crippen LogP contribution in [0.2, 0.25) is 0 Å². The molecule has 1 aromatic carbocycles. The molecule has 168 valence electrons. The predicted octanol–water partition coefficient (Wildman–Crippen LogP) is 0.465. The van der Waals surface area contributed by atoms with Crippen molar-refractivity contribution in [3.63, 3.8) is 0 Å². The molecule has 2 fully saturated rings. The van der Waals surface area contributed by atoms with Crippen molar-refractivity contribution in [2.75, 3.05) is 26.2 Å². The second-order valence-electron chi connectivity index (χ2n) is 8.07. The van der Waals surface area contributed by atoms with Crippen LogP contribution in [0, 0.1) is 5.82 Å². The molecule has 0 aliphatic carbocycles. The van der Waals surface area contributed by atoms with Crippen LogP contribution in [-0.4, -0.2) is 77.9 Å². The summed E-state index contributed by atoms with van der Waals surface area (Å²) in [7, 11) is 0. The van der Waals surface area contributed by atoms with Gasteiger partial charge in [-0.05, 0) is 44.9 Å². The first-order valence-electron chi connectivity index (χ1n) is 10.5. The summed E-state index contributed by atoms with van der Waals surface area (Å²) in [5.41, 5.74) is 0.172. The molecule has 1 aromatic rings. The van der Waals surface area contributed by atoms with Crippen LogP contribution >= 0.6 is 0 Å². The first-order chi connectivity index (χ1) is 14.8. The number of urea groups is 1. The maximum Gasteiger partial charge on any atom is 0.318 e. The molecule has 3 rings (SSSR count). The lowest BCUT2D eigenvalue weighted by molar-refractivity contribution is -0.133. The summed E-state index contributed by atoms with van der Waals surface area (Å²) in [6, 6.07) is 3.14. The van der Waals surface area contributed by atoms with Gasteiger partial charge in [0.05, 0.1) is 6.54 Å². The lowest BCUT2D eigenvalue weighted by Gasteiger charge is -2.41. The molecule has 2 atom stereocenters. The van der Waals surface area contributed by atoms with Crippen molar-refractivity contribution in [3.05, 3.63) is 35.6 Å². The average Bonchev–Trinajstić information content (AvgIpc) is 2.74. The van der Waals surface area contributed by atoms with Gasteiger partial charge < -0.3 is 25.8 Å². The highest BCUT2D eigenvalue weighted by Crippen LogP contribution is 2.16. The van der Waals surface area contributed by atoms with Gasteiger partial charge in [0.25, 0.3) is 5.91 Å². The summed E-state index contributed by atoms with van der Waals surface area (Å²) in [6.07, 6.45) is 1.25. The third-order valence-corrected chi connectivity index (χ3v) is 5.32.